The van der Waals surface area contributed by atoms with Gasteiger partial charge in [-0.25, -0.2) is 14.4 Å². The Kier molecular flexibility index (Phi) is 8.22. The Hall–Kier alpha value is -3.64. The van der Waals surface area contributed by atoms with E-state index < -0.39 is 5.82 Å². The largest absolute Gasteiger partial charge is 0.488 e. The molecule has 1 amide bonds. The third-order valence-corrected chi connectivity index (χ3v) is 4.84. The number of nitrogens with zero attached hydrogens (tertiary/aromatic N) is 5. The van der Waals surface area contributed by atoms with E-state index in [4.69, 9.17) is 21.6 Å². The summed E-state index contributed by atoms with van der Waals surface area (Å²) in [5, 5.41) is 11.3. The normalized spacial score (nSPS) is 14.5. The second-order valence-electron chi connectivity index (χ2n) is 7.63. The minimum Gasteiger partial charge on any atom is -0.488 e. The van der Waals surface area contributed by atoms with Gasteiger partial charge in [0.1, 0.15) is 0 Å². The number of carbonyl (C=O) groups excluding carboxylic acids is 1. The zero-order valence-electron chi connectivity index (χ0n) is 18.3. The number of nitriles is 1. The molecule has 0 saturated heterocycles. The highest BCUT2D eigenvalue weighted by molar-refractivity contribution is 6.30. The van der Waals surface area contributed by atoms with E-state index in [2.05, 4.69) is 15.3 Å². The van der Waals surface area contributed by atoms with Crippen LogP contribution in [0.3, 0.4) is 0 Å². The molecule has 2 aromatic carbocycles. The number of halogens is 2. The van der Waals surface area contributed by atoms with Crippen molar-refractivity contribution in [3.63, 3.8) is 0 Å². The van der Waals surface area contributed by atoms with Crippen molar-refractivity contribution in [1.29, 1.82) is 5.26 Å². The van der Waals surface area contributed by atoms with Gasteiger partial charge in [0.25, 0.3) is 0 Å². The Balaban J connectivity index is 1.82. The minimum atomic E-state index is -0.500. The van der Waals surface area contributed by atoms with Crippen LogP contribution in [0.1, 0.15) is 25.8 Å². The highest BCUT2D eigenvalue weighted by Gasteiger charge is 2.20. The molecule has 2 aromatic rings. The summed E-state index contributed by atoms with van der Waals surface area (Å²) in [6, 6.07) is 11.9. The zero-order chi connectivity index (χ0) is 23.8. The fraction of sp³-hybridized carbons (Fsp3) is 0.304. The number of aliphatic imine (C=N–C) groups is 2. The van der Waals surface area contributed by atoms with Crippen molar-refractivity contribution in [2.75, 3.05) is 13.2 Å². The Morgan fingerprint density at radius 3 is 2.76 bits per heavy atom. The first-order valence-corrected chi connectivity index (χ1v) is 10.7. The number of hydrogen-bond acceptors (Lipinski definition) is 5. The maximum absolute atomic E-state index is 14.4. The van der Waals surface area contributed by atoms with Crippen LogP contribution >= 0.6 is 11.6 Å². The van der Waals surface area contributed by atoms with Crippen LogP contribution in [0.15, 0.2) is 52.4 Å². The van der Waals surface area contributed by atoms with E-state index in [-0.39, 0.29) is 24.2 Å². The molecule has 8 nitrogen and oxygen atoms in total. The fourth-order valence-electron chi connectivity index (χ4n) is 3.09. The van der Waals surface area contributed by atoms with Crippen LogP contribution in [-0.4, -0.2) is 47.3 Å². The topological polar surface area (TPSA) is 93.3 Å². The smallest absolute Gasteiger partial charge is 0.234 e. The van der Waals surface area contributed by atoms with Gasteiger partial charge >= 0.3 is 0 Å². The predicted octanol–water partition coefficient (Wildman–Crippen LogP) is 4.04. The standard InChI is InChI=1S/C23H24ClFN6O2/c1-16(2)33-21-8-7-19(11-20(21)25)29-23-28-14-30(10-9-22(32)27-13-26)15-31(23)12-17-3-5-18(24)6-4-17/h3-8,11,14,16H,9-10,12,15H2,1-2H3,(H,27,32). The van der Waals surface area contributed by atoms with Gasteiger partial charge < -0.3 is 14.5 Å². The predicted molar refractivity (Wildman–Crippen MR) is 125 cm³/mol. The van der Waals surface area contributed by atoms with Gasteiger partial charge in [-0.15, -0.1) is 0 Å². The molecule has 0 radical (unpaired) electrons. The molecule has 0 unspecified atom stereocenters. The Morgan fingerprint density at radius 1 is 1.33 bits per heavy atom. The van der Waals surface area contributed by atoms with Crippen molar-refractivity contribution >= 4 is 35.5 Å². The summed E-state index contributed by atoms with van der Waals surface area (Å²) in [6.45, 7) is 4.91. The van der Waals surface area contributed by atoms with Gasteiger partial charge in [0.15, 0.2) is 17.8 Å². The highest BCUT2D eigenvalue weighted by atomic mass is 35.5. The Labute approximate surface area is 196 Å². The molecule has 0 atom stereocenters. The maximum Gasteiger partial charge on any atom is 0.234 e. The molecular weight excluding hydrogens is 447 g/mol. The molecular formula is C23H24ClFN6O2. The van der Waals surface area contributed by atoms with Crippen LogP contribution in [-0.2, 0) is 11.3 Å². The zero-order valence-corrected chi connectivity index (χ0v) is 19.1. The quantitative estimate of drug-likeness (QED) is 0.464. The fourth-order valence-corrected chi connectivity index (χ4v) is 3.21. The van der Waals surface area contributed by atoms with Crippen molar-refractivity contribution < 1.29 is 13.9 Å². The summed E-state index contributed by atoms with van der Waals surface area (Å²) < 4.78 is 19.9. The van der Waals surface area contributed by atoms with Gasteiger partial charge in [0.05, 0.1) is 24.8 Å². The number of carbonyl (C=O) groups is 1. The van der Waals surface area contributed by atoms with E-state index in [1.54, 1.807) is 36.8 Å². The first-order chi connectivity index (χ1) is 15.8. The third-order valence-electron chi connectivity index (χ3n) is 4.59. The van der Waals surface area contributed by atoms with Crippen LogP contribution < -0.4 is 10.1 Å². The molecule has 0 aromatic heterocycles. The lowest BCUT2D eigenvalue weighted by atomic mass is 10.2. The van der Waals surface area contributed by atoms with Crippen molar-refractivity contribution in [1.82, 2.24) is 15.1 Å². The van der Waals surface area contributed by atoms with Crippen molar-refractivity contribution in [3.8, 4) is 11.9 Å². The summed E-state index contributed by atoms with van der Waals surface area (Å²) in [5.74, 6) is -0.297. The number of guanidine groups is 1. The average Bonchev–Trinajstić information content (AvgIpc) is 2.77. The van der Waals surface area contributed by atoms with Crippen LogP contribution in [0, 0.1) is 17.3 Å². The van der Waals surface area contributed by atoms with Gasteiger partial charge in [0, 0.05) is 30.6 Å². The number of amides is 1. The average molecular weight is 471 g/mol. The van der Waals surface area contributed by atoms with Gasteiger partial charge in [-0.05, 0) is 43.7 Å². The van der Waals surface area contributed by atoms with E-state index in [1.165, 1.54) is 6.07 Å². The molecule has 1 heterocycles. The lowest BCUT2D eigenvalue weighted by Gasteiger charge is -2.33. The summed E-state index contributed by atoms with van der Waals surface area (Å²) in [5.41, 5.74) is 1.39. The number of rotatable bonds is 8. The number of benzene rings is 2. The summed E-state index contributed by atoms with van der Waals surface area (Å²) in [4.78, 5) is 24.3. The van der Waals surface area contributed by atoms with E-state index in [1.807, 2.05) is 35.8 Å². The van der Waals surface area contributed by atoms with Gasteiger partial charge in [-0.1, -0.05) is 23.7 Å². The van der Waals surface area contributed by atoms with Crippen molar-refractivity contribution in [3.05, 3.63) is 58.9 Å². The van der Waals surface area contributed by atoms with Crippen LogP contribution in [0.5, 0.6) is 5.75 Å². The Bertz CT molecular complexity index is 1080. The van der Waals surface area contributed by atoms with Crippen molar-refractivity contribution in [2.24, 2.45) is 9.98 Å². The van der Waals surface area contributed by atoms with E-state index in [0.717, 1.165) is 5.56 Å². The molecule has 10 heteroatoms. The highest BCUT2D eigenvalue weighted by Crippen LogP contribution is 2.25. The monoisotopic (exact) mass is 470 g/mol. The third kappa shape index (κ3) is 7.19. The second-order valence-corrected chi connectivity index (χ2v) is 8.06. The van der Waals surface area contributed by atoms with Crippen LogP contribution in [0.2, 0.25) is 5.02 Å². The lowest BCUT2D eigenvalue weighted by molar-refractivity contribution is -0.120. The minimum absolute atomic E-state index is 0.142. The lowest BCUT2D eigenvalue weighted by Crippen LogP contribution is -2.45. The first-order valence-electron chi connectivity index (χ1n) is 10.3. The molecule has 0 aliphatic carbocycles. The van der Waals surface area contributed by atoms with E-state index in [9.17, 15) is 9.18 Å². The van der Waals surface area contributed by atoms with Crippen LogP contribution in [0.4, 0.5) is 10.1 Å². The SMILES string of the molecule is CC(C)Oc1ccc(N=C2N=CN(CCC(=O)NC#N)CN2Cc2ccc(Cl)cc2)cc1F. The molecule has 0 fully saturated rings. The molecule has 1 aliphatic heterocycles. The first kappa shape index (κ1) is 24.0. The van der Waals surface area contributed by atoms with E-state index >= 15 is 0 Å². The summed E-state index contributed by atoms with van der Waals surface area (Å²) >= 11 is 5.99. The molecule has 0 bridgehead atoms. The number of ether oxygens (including phenoxy) is 1. The number of nitrogens with one attached hydrogen (secondary N) is 1. The van der Waals surface area contributed by atoms with Crippen molar-refractivity contribution in [2.45, 2.75) is 32.9 Å². The molecule has 172 valence electrons. The summed E-state index contributed by atoms with van der Waals surface area (Å²) in [6.07, 6.45) is 3.21. The maximum atomic E-state index is 14.4. The molecule has 1 aliphatic rings. The van der Waals surface area contributed by atoms with Crippen LogP contribution in [0.25, 0.3) is 0 Å². The molecule has 33 heavy (non-hydrogen) atoms. The van der Waals surface area contributed by atoms with Gasteiger partial charge in [-0.2, -0.15) is 5.26 Å². The van der Waals surface area contributed by atoms with E-state index in [0.29, 0.717) is 36.4 Å². The summed E-state index contributed by atoms with van der Waals surface area (Å²) in [7, 11) is 0. The number of hydrogen-bond donors (Lipinski definition) is 1. The molecule has 1 N–H and O–H groups in total. The van der Waals surface area contributed by atoms with Gasteiger partial charge in [0.2, 0.25) is 11.9 Å². The Morgan fingerprint density at radius 2 is 2.09 bits per heavy atom. The molecule has 3 rings (SSSR count). The van der Waals surface area contributed by atoms with Gasteiger partial charge in [-0.3, -0.25) is 10.1 Å². The molecule has 0 saturated carbocycles. The molecule has 0 spiro atoms. The second kappa shape index (κ2) is 11.3.